The molecule has 4 nitrogen and oxygen atoms in total. The lowest BCUT2D eigenvalue weighted by molar-refractivity contribution is 0.159. The van der Waals surface area contributed by atoms with Crippen molar-refractivity contribution in [2.45, 2.75) is 45.4 Å². The van der Waals surface area contributed by atoms with Gasteiger partial charge < -0.3 is 19.9 Å². The molecular weight excluding hydrogens is 206 g/mol. The number of furan rings is 1. The topological polar surface area (TPSA) is 65.6 Å². The first-order valence-electron chi connectivity index (χ1n) is 5.68. The molecule has 0 radical (unpaired) electrons. The van der Waals surface area contributed by atoms with Crippen LogP contribution in [0.4, 0.5) is 0 Å². The zero-order chi connectivity index (χ0) is 12.0. The summed E-state index contributed by atoms with van der Waals surface area (Å²) in [7, 11) is 0. The standard InChI is InChI=1S/C12H21NO3/c1-3-6-12(2,9-15)13-7-10-4-5-11(8-14)16-10/h4-5,13-15H,3,6-9H2,1-2H3. The second-order valence-electron chi connectivity index (χ2n) is 4.35. The summed E-state index contributed by atoms with van der Waals surface area (Å²) in [5.74, 6) is 1.35. The minimum Gasteiger partial charge on any atom is -0.462 e. The lowest BCUT2D eigenvalue weighted by Gasteiger charge is -2.28. The molecule has 1 aromatic heterocycles. The van der Waals surface area contributed by atoms with E-state index in [4.69, 9.17) is 9.52 Å². The van der Waals surface area contributed by atoms with Crippen LogP contribution in [0.5, 0.6) is 0 Å². The summed E-state index contributed by atoms with van der Waals surface area (Å²) in [6, 6.07) is 3.59. The fourth-order valence-electron chi connectivity index (χ4n) is 1.68. The van der Waals surface area contributed by atoms with Crippen molar-refractivity contribution >= 4 is 0 Å². The zero-order valence-electron chi connectivity index (χ0n) is 9.99. The van der Waals surface area contributed by atoms with Gasteiger partial charge in [-0.2, -0.15) is 0 Å². The first-order chi connectivity index (χ1) is 7.63. The molecule has 0 aliphatic carbocycles. The first-order valence-corrected chi connectivity index (χ1v) is 5.68. The summed E-state index contributed by atoms with van der Waals surface area (Å²) < 4.78 is 5.36. The molecule has 16 heavy (non-hydrogen) atoms. The molecule has 0 amide bonds. The van der Waals surface area contributed by atoms with Crippen molar-refractivity contribution in [1.29, 1.82) is 0 Å². The molecule has 1 rings (SSSR count). The maximum absolute atomic E-state index is 9.31. The predicted molar refractivity (Wildman–Crippen MR) is 61.9 cm³/mol. The van der Waals surface area contributed by atoms with Gasteiger partial charge in [-0.25, -0.2) is 0 Å². The molecule has 3 N–H and O–H groups in total. The highest BCUT2D eigenvalue weighted by Gasteiger charge is 2.21. The lowest BCUT2D eigenvalue weighted by Crippen LogP contribution is -2.45. The Labute approximate surface area is 96.3 Å². The maximum atomic E-state index is 9.31. The minimum absolute atomic E-state index is 0.0772. The molecule has 0 fully saturated rings. The van der Waals surface area contributed by atoms with E-state index < -0.39 is 0 Å². The van der Waals surface area contributed by atoms with E-state index in [1.54, 1.807) is 6.07 Å². The van der Waals surface area contributed by atoms with Crippen LogP contribution in [0.1, 0.15) is 38.2 Å². The molecule has 1 heterocycles. The van der Waals surface area contributed by atoms with E-state index in [2.05, 4.69) is 12.2 Å². The highest BCUT2D eigenvalue weighted by atomic mass is 16.4. The molecule has 1 atom stereocenters. The van der Waals surface area contributed by atoms with Gasteiger partial charge in [0.05, 0.1) is 13.2 Å². The third-order valence-electron chi connectivity index (χ3n) is 2.71. The van der Waals surface area contributed by atoms with E-state index in [0.717, 1.165) is 18.6 Å². The third-order valence-corrected chi connectivity index (χ3v) is 2.71. The number of nitrogens with one attached hydrogen (secondary N) is 1. The van der Waals surface area contributed by atoms with Gasteiger partial charge in [0.15, 0.2) is 0 Å². The molecule has 0 aliphatic heterocycles. The average Bonchev–Trinajstić information content (AvgIpc) is 2.75. The summed E-state index contributed by atoms with van der Waals surface area (Å²) in [5, 5.41) is 21.4. The summed E-state index contributed by atoms with van der Waals surface area (Å²) >= 11 is 0. The second-order valence-corrected chi connectivity index (χ2v) is 4.35. The fourth-order valence-corrected chi connectivity index (χ4v) is 1.68. The Morgan fingerprint density at radius 3 is 2.50 bits per heavy atom. The van der Waals surface area contributed by atoms with Crippen molar-refractivity contribution in [2.75, 3.05) is 6.61 Å². The Bertz CT molecular complexity index is 311. The third kappa shape index (κ3) is 3.63. The smallest absolute Gasteiger partial charge is 0.129 e. The van der Waals surface area contributed by atoms with Gasteiger partial charge in [-0.05, 0) is 25.5 Å². The normalized spacial score (nSPS) is 15.0. The lowest BCUT2D eigenvalue weighted by atomic mass is 9.97. The number of hydrogen-bond donors (Lipinski definition) is 3. The van der Waals surface area contributed by atoms with Crippen molar-refractivity contribution in [2.24, 2.45) is 0 Å². The van der Waals surface area contributed by atoms with Crippen LogP contribution in [-0.2, 0) is 13.2 Å². The largest absolute Gasteiger partial charge is 0.462 e. The van der Waals surface area contributed by atoms with Crippen molar-refractivity contribution in [3.05, 3.63) is 23.7 Å². The van der Waals surface area contributed by atoms with Crippen LogP contribution >= 0.6 is 0 Å². The molecule has 1 unspecified atom stereocenters. The number of rotatable bonds is 7. The quantitative estimate of drug-likeness (QED) is 0.659. The van der Waals surface area contributed by atoms with E-state index in [1.807, 2.05) is 13.0 Å². The van der Waals surface area contributed by atoms with Crippen molar-refractivity contribution in [3.63, 3.8) is 0 Å². The van der Waals surface area contributed by atoms with Crippen LogP contribution in [-0.4, -0.2) is 22.4 Å². The monoisotopic (exact) mass is 227 g/mol. The average molecular weight is 227 g/mol. The van der Waals surface area contributed by atoms with E-state index in [9.17, 15) is 5.11 Å². The SMILES string of the molecule is CCCC(C)(CO)NCc1ccc(CO)o1. The minimum atomic E-state index is -0.263. The molecule has 1 aromatic rings. The summed E-state index contributed by atoms with van der Waals surface area (Å²) in [6.07, 6.45) is 1.93. The van der Waals surface area contributed by atoms with Crippen molar-refractivity contribution < 1.29 is 14.6 Å². The van der Waals surface area contributed by atoms with Crippen LogP contribution in [0, 0.1) is 0 Å². The Morgan fingerprint density at radius 1 is 1.31 bits per heavy atom. The van der Waals surface area contributed by atoms with Gasteiger partial charge in [0.25, 0.3) is 0 Å². The molecule has 92 valence electrons. The molecular formula is C12H21NO3. The van der Waals surface area contributed by atoms with E-state index >= 15 is 0 Å². The van der Waals surface area contributed by atoms with Crippen LogP contribution in [0.15, 0.2) is 16.5 Å². The van der Waals surface area contributed by atoms with Crippen LogP contribution in [0.2, 0.25) is 0 Å². The van der Waals surface area contributed by atoms with Gasteiger partial charge in [0, 0.05) is 5.54 Å². The maximum Gasteiger partial charge on any atom is 0.129 e. The Kier molecular flexibility index (Phi) is 4.99. The Hall–Kier alpha value is -0.840. The predicted octanol–water partition coefficient (Wildman–Crippen LogP) is 1.41. The highest BCUT2D eigenvalue weighted by molar-refractivity contribution is 5.06. The number of aliphatic hydroxyl groups is 2. The van der Waals surface area contributed by atoms with Crippen LogP contribution in [0.25, 0.3) is 0 Å². The fraction of sp³-hybridized carbons (Fsp3) is 0.667. The van der Waals surface area contributed by atoms with Crippen LogP contribution < -0.4 is 5.32 Å². The van der Waals surface area contributed by atoms with Gasteiger partial charge in [-0.15, -0.1) is 0 Å². The highest BCUT2D eigenvalue weighted by Crippen LogP contribution is 2.14. The summed E-state index contributed by atoms with van der Waals surface area (Å²) in [5.41, 5.74) is -0.263. The van der Waals surface area contributed by atoms with Gasteiger partial charge in [-0.3, -0.25) is 0 Å². The van der Waals surface area contributed by atoms with E-state index in [0.29, 0.717) is 12.3 Å². The molecule has 0 saturated heterocycles. The summed E-state index contributed by atoms with van der Waals surface area (Å²) in [4.78, 5) is 0. The van der Waals surface area contributed by atoms with Gasteiger partial charge in [0.1, 0.15) is 18.1 Å². The molecule has 0 aliphatic rings. The zero-order valence-corrected chi connectivity index (χ0v) is 9.99. The molecule has 0 saturated carbocycles. The van der Waals surface area contributed by atoms with E-state index in [1.165, 1.54) is 0 Å². The van der Waals surface area contributed by atoms with Crippen molar-refractivity contribution in [3.8, 4) is 0 Å². The first kappa shape index (κ1) is 13.2. The second kappa shape index (κ2) is 6.03. The Morgan fingerprint density at radius 2 is 2.00 bits per heavy atom. The van der Waals surface area contributed by atoms with Gasteiger partial charge in [-0.1, -0.05) is 13.3 Å². The van der Waals surface area contributed by atoms with Gasteiger partial charge >= 0.3 is 0 Å². The van der Waals surface area contributed by atoms with E-state index in [-0.39, 0.29) is 18.8 Å². The summed E-state index contributed by atoms with van der Waals surface area (Å²) in [6.45, 7) is 4.68. The van der Waals surface area contributed by atoms with Crippen molar-refractivity contribution in [1.82, 2.24) is 5.32 Å². The van der Waals surface area contributed by atoms with Gasteiger partial charge in [0.2, 0.25) is 0 Å². The van der Waals surface area contributed by atoms with Crippen LogP contribution in [0.3, 0.4) is 0 Å². The molecule has 0 aromatic carbocycles. The Balaban J connectivity index is 2.48. The number of aliphatic hydroxyl groups excluding tert-OH is 2. The molecule has 4 heteroatoms. The number of hydrogen-bond acceptors (Lipinski definition) is 4. The molecule has 0 bridgehead atoms. The molecule has 0 spiro atoms.